The largest absolute Gasteiger partial charge is 0.478 e. The van der Waals surface area contributed by atoms with E-state index in [0.717, 1.165) is 45.0 Å². The van der Waals surface area contributed by atoms with Crippen molar-refractivity contribution in [3.63, 3.8) is 0 Å². The van der Waals surface area contributed by atoms with E-state index in [-0.39, 0.29) is 5.60 Å². The maximum atomic E-state index is 10.9. The summed E-state index contributed by atoms with van der Waals surface area (Å²) in [7, 11) is 0. The Morgan fingerprint density at radius 1 is 1.33 bits per heavy atom. The van der Waals surface area contributed by atoms with Crippen LogP contribution in [0.1, 0.15) is 42.1 Å². The Kier molecular flexibility index (Phi) is 4.11. The summed E-state index contributed by atoms with van der Waals surface area (Å²) in [6.45, 7) is 6.13. The molecule has 1 spiro atoms. The number of nitrogens with one attached hydrogen (secondary N) is 1. The molecule has 1 aromatic rings. The SMILES string of the molecule is C[C@@H]1C[C@H]1NC1COC12CCN(Cc1ccc(C(=O)O)cc1)CC2. The van der Waals surface area contributed by atoms with Crippen LogP contribution in [0.15, 0.2) is 24.3 Å². The molecule has 1 aliphatic carbocycles. The molecule has 0 aromatic heterocycles. The van der Waals surface area contributed by atoms with Crippen molar-refractivity contribution in [3.05, 3.63) is 35.4 Å². The zero-order chi connectivity index (χ0) is 16.7. The van der Waals surface area contributed by atoms with E-state index in [1.54, 1.807) is 12.1 Å². The first-order valence-corrected chi connectivity index (χ1v) is 9.00. The van der Waals surface area contributed by atoms with Crippen LogP contribution < -0.4 is 5.32 Å². The number of carboxylic acids is 1. The fraction of sp³-hybridized carbons (Fsp3) is 0.632. The lowest BCUT2D eigenvalue weighted by molar-refractivity contribution is -0.201. The van der Waals surface area contributed by atoms with Gasteiger partial charge in [-0.15, -0.1) is 0 Å². The maximum Gasteiger partial charge on any atom is 0.335 e. The van der Waals surface area contributed by atoms with Crippen LogP contribution in [0.2, 0.25) is 0 Å². The van der Waals surface area contributed by atoms with Gasteiger partial charge in [0.2, 0.25) is 0 Å². The molecule has 2 saturated heterocycles. The fourth-order valence-corrected chi connectivity index (χ4v) is 4.01. The third-order valence-corrected chi connectivity index (χ3v) is 6.01. The second-order valence-corrected chi connectivity index (χ2v) is 7.69. The summed E-state index contributed by atoms with van der Waals surface area (Å²) in [5, 5.41) is 12.7. The van der Waals surface area contributed by atoms with Gasteiger partial charge in [-0.2, -0.15) is 0 Å². The molecule has 130 valence electrons. The van der Waals surface area contributed by atoms with Crippen molar-refractivity contribution in [1.29, 1.82) is 0 Å². The van der Waals surface area contributed by atoms with Crippen molar-refractivity contribution in [2.24, 2.45) is 5.92 Å². The highest BCUT2D eigenvalue weighted by atomic mass is 16.5. The van der Waals surface area contributed by atoms with Crippen molar-refractivity contribution in [1.82, 2.24) is 10.2 Å². The molecule has 5 nitrogen and oxygen atoms in total. The zero-order valence-electron chi connectivity index (χ0n) is 14.2. The smallest absolute Gasteiger partial charge is 0.335 e. The summed E-state index contributed by atoms with van der Waals surface area (Å²) < 4.78 is 6.02. The minimum atomic E-state index is -0.868. The molecular formula is C19H26N2O3. The predicted molar refractivity (Wildman–Crippen MR) is 91.1 cm³/mol. The molecule has 3 fully saturated rings. The molecule has 0 radical (unpaired) electrons. The Labute approximate surface area is 143 Å². The van der Waals surface area contributed by atoms with E-state index in [2.05, 4.69) is 17.1 Å². The number of hydrogen-bond donors (Lipinski definition) is 2. The molecule has 3 aliphatic rings. The average Bonchev–Trinajstić information content (AvgIpc) is 3.28. The molecule has 2 N–H and O–H groups in total. The van der Waals surface area contributed by atoms with E-state index in [1.807, 2.05) is 12.1 Å². The van der Waals surface area contributed by atoms with Gasteiger partial charge in [0, 0.05) is 25.7 Å². The third kappa shape index (κ3) is 3.08. The van der Waals surface area contributed by atoms with Crippen molar-refractivity contribution in [2.75, 3.05) is 19.7 Å². The van der Waals surface area contributed by atoms with Crippen molar-refractivity contribution in [3.8, 4) is 0 Å². The summed E-state index contributed by atoms with van der Waals surface area (Å²) in [6.07, 6.45) is 3.48. The third-order valence-electron chi connectivity index (χ3n) is 6.01. The van der Waals surface area contributed by atoms with E-state index in [1.165, 1.54) is 12.0 Å². The van der Waals surface area contributed by atoms with Gasteiger partial charge in [0.25, 0.3) is 0 Å². The molecule has 4 rings (SSSR count). The molecule has 5 heteroatoms. The molecule has 1 aromatic carbocycles. The van der Waals surface area contributed by atoms with Crippen molar-refractivity contribution >= 4 is 5.97 Å². The number of likely N-dealkylation sites (tertiary alicyclic amines) is 1. The summed E-state index contributed by atoms with van der Waals surface area (Å²) in [5.74, 6) is -0.0383. The first kappa shape index (κ1) is 16.1. The van der Waals surface area contributed by atoms with Gasteiger partial charge in [-0.1, -0.05) is 19.1 Å². The lowest BCUT2D eigenvalue weighted by Gasteiger charge is -2.53. The van der Waals surface area contributed by atoms with Gasteiger partial charge in [0.15, 0.2) is 0 Å². The molecule has 24 heavy (non-hydrogen) atoms. The monoisotopic (exact) mass is 330 g/mol. The molecule has 0 bridgehead atoms. The van der Waals surface area contributed by atoms with Crippen LogP contribution in [0, 0.1) is 5.92 Å². The Morgan fingerprint density at radius 2 is 2.00 bits per heavy atom. The lowest BCUT2D eigenvalue weighted by atomic mass is 9.80. The number of ether oxygens (including phenoxy) is 1. The van der Waals surface area contributed by atoms with Crippen LogP contribution in [0.5, 0.6) is 0 Å². The highest BCUT2D eigenvalue weighted by Gasteiger charge is 2.52. The van der Waals surface area contributed by atoms with Gasteiger partial charge >= 0.3 is 5.97 Å². The second-order valence-electron chi connectivity index (χ2n) is 7.69. The van der Waals surface area contributed by atoms with Gasteiger partial charge < -0.3 is 15.2 Å². The van der Waals surface area contributed by atoms with Crippen molar-refractivity contribution in [2.45, 2.75) is 50.4 Å². The number of aromatic carboxylic acids is 1. The molecular weight excluding hydrogens is 304 g/mol. The highest BCUT2D eigenvalue weighted by molar-refractivity contribution is 5.87. The average molecular weight is 330 g/mol. The summed E-state index contributed by atoms with van der Waals surface area (Å²) in [6, 6.07) is 8.47. The van der Waals surface area contributed by atoms with E-state index in [0.29, 0.717) is 17.6 Å². The Balaban J connectivity index is 1.29. The van der Waals surface area contributed by atoms with E-state index >= 15 is 0 Å². The first-order valence-electron chi connectivity index (χ1n) is 9.00. The minimum Gasteiger partial charge on any atom is -0.478 e. The standard InChI is InChI=1S/C19H26N2O3/c1-13-10-16(13)20-17-12-24-19(17)6-8-21(9-7-19)11-14-2-4-15(5-3-14)18(22)23/h2-5,13,16-17,20H,6-12H2,1H3,(H,22,23)/t13-,16-,17?/m1/s1. The van der Waals surface area contributed by atoms with Crippen LogP contribution >= 0.6 is 0 Å². The van der Waals surface area contributed by atoms with Crippen molar-refractivity contribution < 1.29 is 14.6 Å². The van der Waals surface area contributed by atoms with Crippen LogP contribution in [-0.4, -0.2) is 53.4 Å². The van der Waals surface area contributed by atoms with Crippen LogP contribution in [-0.2, 0) is 11.3 Å². The number of benzene rings is 1. The van der Waals surface area contributed by atoms with Gasteiger partial charge in [0.1, 0.15) is 0 Å². The van der Waals surface area contributed by atoms with Gasteiger partial charge in [0.05, 0.1) is 23.8 Å². The number of piperidine rings is 1. The number of carboxylic acid groups (broad SMARTS) is 1. The summed E-state index contributed by atoms with van der Waals surface area (Å²) in [5.41, 5.74) is 1.58. The molecule has 1 unspecified atom stereocenters. The molecule has 0 amide bonds. The molecule has 3 atom stereocenters. The van der Waals surface area contributed by atoms with Crippen LogP contribution in [0.4, 0.5) is 0 Å². The van der Waals surface area contributed by atoms with E-state index < -0.39 is 5.97 Å². The normalized spacial score (nSPS) is 31.6. The van der Waals surface area contributed by atoms with E-state index in [4.69, 9.17) is 9.84 Å². The minimum absolute atomic E-state index is 0.0615. The number of carbonyl (C=O) groups is 1. The maximum absolute atomic E-state index is 10.9. The van der Waals surface area contributed by atoms with Gasteiger partial charge in [-0.25, -0.2) is 4.79 Å². The number of nitrogens with zero attached hydrogens (tertiary/aromatic N) is 1. The second kappa shape index (κ2) is 6.14. The summed E-state index contributed by atoms with van der Waals surface area (Å²) in [4.78, 5) is 13.4. The fourth-order valence-electron chi connectivity index (χ4n) is 4.01. The first-order chi connectivity index (χ1) is 11.6. The van der Waals surface area contributed by atoms with Crippen LogP contribution in [0.3, 0.4) is 0 Å². The lowest BCUT2D eigenvalue weighted by Crippen LogP contribution is -2.68. The molecule has 2 heterocycles. The summed E-state index contributed by atoms with van der Waals surface area (Å²) >= 11 is 0. The highest BCUT2D eigenvalue weighted by Crippen LogP contribution is 2.40. The van der Waals surface area contributed by atoms with Gasteiger partial charge in [-0.05, 0) is 42.9 Å². The zero-order valence-corrected chi connectivity index (χ0v) is 14.2. The molecule has 2 aliphatic heterocycles. The van der Waals surface area contributed by atoms with Crippen LogP contribution in [0.25, 0.3) is 0 Å². The van der Waals surface area contributed by atoms with E-state index in [9.17, 15) is 4.79 Å². The Morgan fingerprint density at radius 3 is 2.50 bits per heavy atom. The number of hydrogen-bond acceptors (Lipinski definition) is 4. The topological polar surface area (TPSA) is 61.8 Å². The van der Waals surface area contributed by atoms with Gasteiger partial charge in [-0.3, -0.25) is 4.90 Å². The molecule has 1 saturated carbocycles. The Hall–Kier alpha value is -1.43. The number of rotatable bonds is 5. The predicted octanol–water partition coefficient (Wildman–Crippen LogP) is 2.12. The Bertz CT molecular complexity index is 608. The quantitative estimate of drug-likeness (QED) is 0.866.